The standard InChI is InChI=1S/C25H32N4O6/c1-17(16-30)26-15-21(13-19-9-5-3-6-10-19)25(29-24(34)35,14-20-11-7-4-8-12-20)28-18(2)22(31)27-23(32)33/h3-12,16-18,21,26,28-29H,13-15H2,1-2H3,(H,27,31)(H,32,33)(H,34,35)/t17?,18-,21-,25?/m0/s1. The van der Waals surface area contributed by atoms with E-state index >= 15 is 0 Å². The molecule has 2 unspecified atom stereocenters. The van der Waals surface area contributed by atoms with Crippen LogP contribution in [0.4, 0.5) is 9.59 Å². The number of rotatable bonds is 13. The summed E-state index contributed by atoms with van der Waals surface area (Å²) in [6.07, 6.45) is -1.53. The van der Waals surface area contributed by atoms with E-state index in [-0.39, 0.29) is 13.0 Å². The van der Waals surface area contributed by atoms with Gasteiger partial charge < -0.3 is 25.6 Å². The van der Waals surface area contributed by atoms with Crippen molar-refractivity contribution < 1.29 is 29.4 Å². The van der Waals surface area contributed by atoms with Crippen LogP contribution in [-0.2, 0) is 22.4 Å². The summed E-state index contributed by atoms with van der Waals surface area (Å²) in [5.74, 6) is -1.32. The van der Waals surface area contributed by atoms with E-state index in [1.807, 2.05) is 66.0 Å². The first-order valence-corrected chi connectivity index (χ1v) is 11.2. The maximum absolute atomic E-state index is 12.5. The van der Waals surface area contributed by atoms with Crippen LogP contribution in [0.1, 0.15) is 25.0 Å². The molecule has 2 aromatic carbocycles. The van der Waals surface area contributed by atoms with Crippen LogP contribution in [0.15, 0.2) is 60.7 Å². The van der Waals surface area contributed by atoms with Crippen LogP contribution >= 0.6 is 0 Å². The lowest BCUT2D eigenvalue weighted by atomic mass is 9.81. The van der Waals surface area contributed by atoms with Gasteiger partial charge in [0.05, 0.1) is 12.1 Å². The Balaban J connectivity index is 2.56. The second-order valence-corrected chi connectivity index (χ2v) is 8.44. The predicted octanol–water partition coefficient (Wildman–Crippen LogP) is 2.00. The Bertz CT molecular complexity index is 988. The van der Waals surface area contributed by atoms with Gasteiger partial charge in [-0.2, -0.15) is 0 Å². The van der Waals surface area contributed by atoms with Crippen LogP contribution in [0.25, 0.3) is 0 Å². The average molecular weight is 485 g/mol. The highest BCUT2D eigenvalue weighted by Gasteiger charge is 2.42. The van der Waals surface area contributed by atoms with E-state index < -0.39 is 41.8 Å². The fourth-order valence-electron chi connectivity index (χ4n) is 3.97. The molecule has 10 nitrogen and oxygen atoms in total. The van der Waals surface area contributed by atoms with Crippen molar-refractivity contribution in [2.75, 3.05) is 6.54 Å². The molecule has 4 atom stereocenters. The Morgan fingerprint density at radius 3 is 2.00 bits per heavy atom. The van der Waals surface area contributed by atoms with Gasteiger partial charge in [0, 0.05) is 18.9 Å². The molecule has 0 aliphatic rings. The summed E-state index contributed by atoms with van der Waals surface area (Å²) < 4.78 is 0. The first-order valence-electron chi connectivity index (χ1n) is 11.2. The lowest BCUT2D eigenvalue weighted by Gasteiger charge is -2.44. The number of amides is 3. The van der Waals surface area contributed by atoms with E-state index in [0.29, 0.717) is 6.42 Å². The summed E-state index contributed by atoms with van der Waals surface area (Å²) in [5, 5.41) is 29.4. The molecule has 0 radical (unpaired) electrons. The van der Waals surface area contributed by atoms with E-state index in [0.717, 1.165) is 17.4 Å². The number of hydrogen-bond donors (Lipinski definition) is 6. The highest BCUT2D eigenvalue weighted by atomic mass is 16.4. The van der Waals surface area contributed by atoms with Crippen molar-refractivity contribution in [1.29, 1.82) is 0 Å². The van der Waals surface area contributed by atoms with Crippen molar-refractivity contribution >= 4 is 24.4 Å². The van der Waals surface area contributed by atoms with E-state index in [9.17, 15) is 24.3 Å². The Labute approximate surface area is 204 Å². The number of nitrogens with one attached hydrogen (secondary N) is 4. The third-order valence-electron chi connectivity index (χ3n) is 5.67. The summed E-state index contributed by atoms with van der Waals surface area (Å²) in [6.45, 7) is 3.37. The Morgan fingerprint density at radius 1 is 0.914 bits per heavy atom. The molecular weight excluding hydrogens is 452 g/mol. The zero-order valence-corrected chi connectivity index (χ0v) is 19.7. The molecule has 0 heterocycles. The maximum Gasteiger partial charge on any atom is 0.411 e. The summed E-state index contributed by atoms with van der Waals surface area (Å²) in [6, 6.07) is 17.0. The van der Waals surface area contributed by atoms with Gasteiger partial charge in [-0.15, -0.1) is 0 Å². The Hall–Kier alpha value is -3.76. The lowest BCUT2D eigenvalue weighted by molar-refractivity contribution is -0.122. The fourth-order valence-corrected chi connectivity index (χ4v) is 3.97. The number of carbonyl (C=O) groups excluding carboxylic acids is 2. The minimum atomic E-state index is -1.51. The van der Waals surface area contributed by atoms with Crippen molar-refractivity contribution in [3.05, 3.63) is 71.8 Å². The van der Waals surface area contributed by atoms with Crippen molar-refractivity contribution in [2.45, 2.75) is 44.4 Å². The van der Waals surface area contributed by atoms with E-state index in [1.54, 1.807) is 6.92 Å². The molecule has 0 saturated heterocycles. The second-order valence-electron chi connectivity index (χ2n) is 8.44. The third kappa shape index (κ3) is 8.84. The molecule has 0 fully saturated rings. The van der Waals surface area contributed by atoms with E-state index in [1.165, 1.54) is 6.92 Å². The van der Waals surface area contributed by atoms with Gasteiger partial charge in [-0.25, -0.2) is 9.59 Å². The van der Waals surface area contributed by atoms with Gasteiger partial charge in [0.25, 0.3) is 0 Å². The maximum atomic E-state index is 12.5. The van der Waals surface area contributed by atoms with Crippen LogP contribution < -0.4 is 21.3 Å². The smallest absolute Gasteiger partial charge is 0.411 e. The molecule has 6 N–H and O–H groups in total. The minimum absolute atomic E-state index is 0.152. The SMILES string of the molecule is CC(C=O)NC[C@H](Cc1ccccc1)C(Cc1ccccc1)(NC(=O)O)N[C@@H](C)C(=O)NC(=O)O. The largest absolute Gasteiger partial charge is 0.465 e. The van der Waals surface area contributed by atoms with Crippen molar-refractivity contribution in [3.8, 4) is 0 Å². The molecular formula is C25H32N4O6. The van der Waals surface area contributed by atoms with E-state index in [2.05, 4.69) is 16.0 Å². The quantitative estimate of drug-likeness (QED) is 0.186. The van der Waals surface area contributed by atoms with Crippen LogP contribution in [0.5, 0.6) is 0 Å². The predicted molar refractivity (Wildman–Crippen MR) is 130 cm³/mol. The molecule has 10 heteroatoms. The molecule has 2 rings (SSSR count). The Morgan fingerprint density at radius 2 is 1.49 bits per heavy atom. The molecule has 0 aliphatic heterocycles. The second kappa shape index (κ2) is 13.2. The van der Waals surface area contributed by atoms with Crippen molar-refractivity contribution in [2.24, 2.45) is 5.92 Å². The lowest BCUT2D eigenvalue weighted by Crippen LogP contribution is -2.70. The molecule has 3 amide bonds. The number of carbonyl (C=O) groups is 4. The van der Waals surface area contributed by atoms with Gasteiger partial charge in [-0.1, -0.05) is 60.7 Å². The summed E-state index contributed by atoms with van der Waals surface area (Å²) in [5.41, 5.74) is 0.307. The van der Waals surface area contributed by atoms with Gasteiger partial charge in [0.2, 0.25) is 5.91 Å². The van der Waals surface area contributed by atoms with Crippen LogP contribution in [0, 0.1) is 5.92 Å². The van der Waals surface area contributed by atoms with Gasteiger partial charge in [-0.05, 0) is 31.4 Å². The summed E-state index contributed by atoms with van der Waals surface area (Å²) in [7, 11) is 0. The molecule has 2 aromatic rings. The number of imide groups is 1. The minimum Gasteiger partial charge on any atom is -0.465 e. The topological polar surface area (TPSA) is 157 Å². The molecule has 35 heavy (non-hydrogen) atoms. The molecule has 188 valence electrons. The fraction of sp³-hybridized carbons (Fsp3) is 0.360. The highest BCUT2D eigenvalue weighted by Crippen LogP contribution is 2.26. The van der Waals surface area contributed by atoms with Gasteiger partial charge >= 0.3 is 12.2 Å². The van der Waals surface area contributed by atoms with Crippen LogP contribution in [-0.4, -0.2) is 58.9 Å². The first kappa shape index (κ1) is 27.5. The Kier molecular flexibility index (Phi) is 10.4. The van der Waals surface area contributed by atoms with Crippen molar-refractivity contribution in [3.63, 3.8) is 0 Å². The average Bonchev–Trinajstić information content (AvgIpc) is 2.81. The van der Waals surface area contributed by atoms with Crippen LogP contribution in [0.3, 0.4) is 0 Å². The zero-order valence-electron chi connectivity index (χ0n) is 19.7. The molecule has 0 saturated carbocycles. The summed E-state index contributed by atoms with van der Waals surface area (Å²) in [4.78, 5) is 46.8. The van der Waals surface area contributed by atoms with Gasteiger partial charge in [0.1, 0.15) is 11.9 Å². The normalized spacial score (nSPS) is 15.1. The van der Waals surface area contributed by atoms with Crippen LogP contribution in [0.2, 0.25) is 0 Å². The number of hydrogen-bond acceptors (Lipinski definition) is 6. The zero-order chi connectivity index (χ0) is 25.8. The summed E-state index contributed by atoms with van der Waals surface area (Å²) >= 11 is 0. The monoisotopic (exact) mass is 484 g/mol. The molecule has 0 aliphatic carbocycles. The first-order chi connectivity index (χ1) is 16.6. The third-order valence-corrected chi connectivity index (χ3v) is 5.67. The number of aldehydes is 1. The number of carboxylic acid groups (broad SMARTS) is 2. The molecule has 0 spiro atoms. The molecule has 0 bridgehead atoms. The molecule has 0 aromatic heterocycles. The van der Waals surface area contributed by atoms with E-state index in [4.69, 9.17) is 5.11 Å². The van der Waals surface area contributed by atoms with Gasteiger partial charge in [0.15, 0.2) is 0 Å². The highest BCUT2D eigenvalue weighted by molar-refractivity contribution is 5.94. The van der Waals surface area contributed by atoms with Crippen molar-refractivity contribution in [1.82, 2.24) is 21.3 Å². The number of benzene rings is 2. The van der Waals surface area contributed by atoms with Gasteiger partial charge in [-0.3, -0.25) is 15.4 Å².